The molecule has 11 heavy (non-hydrogen) atoms. The third kappa shape index (κ3) is 2.51. The van der Waals surface area contributed by atoms with E-state index in [9.17, 15) is 5.11 Å². The van der Waals surface area contributed by atoms with Crippen molar-refractivity contribution >= 4 is 0 Å². The first kappa shape index (κ1) is 8.55. The van der Waals surface area contributed by atoms with Crippen LogP contribution in [0.25, 0.3) is 0 Å². The van der Waals surface area contributed by atoms with Gasteiger partial charge in [0.15, 0.2) is 0 Å². The molecular weight excluding hydrogens is 138 g/mol. The standard InChI is InChI=1S/C9H15NO/c10-7-6-9(11)8-4-2-1-3-5-8/h8-9,11H,1-6H2/t9-/m1/s1. The average molecular weight is 153 g/mol. The maximum absolute atomic E-state index is 9.45. The lowest BCUT2D eigenvalue weighted by atomic mass is 9.84. The second kappa shape index (κ2) is 4.35. The molecule has 0 saturated heterocycles. The van der Waals surface area contributed by atoms with E-state index in [0.29, 0.717) is 12.3 Å². The Morgan fingerprint density at radius 2 is 2.00 bits per heavy atom. The van der Waals surface area contributed by atoms with E-state index in [1.165, 1.54) is 19.3 Å². The minimum Gasteiger partial charge on any atom is -0.392 e. The third-order valence-electron chi connectivity index (χ3n) is 2.49. The predicted octanol–water partition coefficient (Wildman–Crippen LogP) is 1.84. The monoisotopic (exact) mass is 153 g/mol. The largest absolute Gasteiger partial charge is 0.392 e. The fourth-order valence-corrected chi connectivity index (χ4v) is 1.78. The van der Waals surface area contributed by atoms with Crippen molar-refractivity contribution in [3.05, 3.63) is 0 Å². The van der Waals surface area contributed by atoms with Gasteiger partial charge in [0.2, 0.25) is 0 Å². The molecule has 1 atom stereocenters. The summed E-state index contributed by atoms with van der Waals surface area (Å²) in [6, 6.07) is 2.01. The van der Waals surface area contributed by atoms with Gasteiger partial charge in [0.1, 0.15) is 0 Å². The van der Waals surface area contributed by atoms with Crippen LogP contribution in [0.5, 0.6) is 0 Å². The average Bonchev–Trinajstić information content (AvgIpc) is 2.07. The number of hydrogen-bond acceptors (Lipinski definition) is 2. The van der Waals surface area contributed by atoms with Gasteiger partial charge in [-0.2, -0.15) is 5.26 Å². The third-order valence-corrected chi connectivity index (χ3v) is 2.49. The molecule has 0 aromatic rings. The van der Waals surface area contributed by atoms with E-state index >= 15 is 0 Å². The molecular formula is C9H15NO. The van der Waals surface area contributed by atoms with Crippen molar-refractivity contribution in [1.82, 2.24) is 0 Å². The van der Waals surface area contributed by atoms with Crippen LogP contribution in [0, 0.1) is 17.2 Å². The summed E-state index contributed by atoms with van der Waals surface area (Å²) < 4.78 is 0. The van der Waals surface area contributed by atoms with Crippen LogP contribution in [0.2, 0.25) is 0 Å². The first-order valence-electron chi connectivity index (χ1n) is 4.39. The number of aliphatic hydroxyl groups is 1. The zero-order valence-corrected chi connectivity index (χ0v) is 6.79. The quantitative estimate of drug-likeness (QED) is 0.657. The summed E-state index contributed by atoms with van der Waals surface area (Å²) in [7, 11) is 0. The molecule has 0 radical (unpaired) electrons. The molecule has 62 valence electrons. The predicted molar refractivity (Wildman–Crippen MR) is 42.8 cm³/mol. The highest BCUT2D eigenvalue weighted by molar-refractivity contribution is 4.81. The van der Waals surface area contributed by atoms with Gasteiger partial charge in [-0.1, -0.05) is 19.3 Å². The molecule has 0 heterocycles. The van der Waals surface area contributed by atoms with Crippen LogP contribution in [0.3, 0.4) is 0 Å². The van der Waals surface area contributed by atoms with Gasteiger partial charge in [-0.15, -0.1) is 0 Å². The van der Waals surface area contributed by atoms with Gasteiger partial charge >= 0.3 is 0 Å². The summed E-state index contributed by atoms with van der Waals surface area (Å²) in [4.78, 5) is 0. The van der Waals surface area contributed by atoms with Crippen LogP contribution in [0.1, 0.15) is 38.5 Å². The number of hydrogen-bond donors (Lipinski definition) is 1. The number of nitrogens with zero attached hydrogens (tertiary/aromatic N) is 1. The highest BCUT2D eigenvalue weighted by Gasteiger charge is 2.20. The van der Waals surface area contributed by atoms with Gasteiger partial charge in [-0.25, -0.2) is 0 Å². The molecule has 0 amide bonds. The van der Waals surface area contributed by atoms with Crippen LogP contribution in [-0.4, -0.2) is 11.2 Å². The molecule has 0 aromatic heterocycles. The smallest absolute Gasteiger partial charge is 0.0698 e. The number of nitriles is 1. The maximum atomic E-state index is 9.45. The van der Waals surface area contributed by atoms with E-state index in [4.69, 9.17) is 5.26 Å². The Kier molecular flexibility index (Phi) is 3.38. The Bertz CT molecular complexity index is 144. The lowest BCUT2D eigenvalue weighted by molar-refractivity contribution is 0.0888. The van der Waals surface area contributed by atoms with E-state index < -0.39 is 0 Å². The molecule has 0 aromatic carbocycles. The summed E-state index contributed by atoms with van der Waals surface area (Å²) >= 11 is 0. The molecule has 1 saturated carbocycles. The van der Waals surface area contributed by atoms with Crippen molar-refractivity contribution in [2.45, 2.75) is 44.6 Å². The number of aliphatic hydroxyl groups excluding tert-OH is 1. The molecule has 0 unspecified atom stereocenters. The van der Waals surface area contributed by atoms with Gasteiger partial charge in [0.05, 0.1) is 18.6 Å². The molecule has 2 nitrogen and oxygen atoms in total. The van der Waals surface area contributed by atoms with Crippen molar-refractivity contribution in [3.8, 4) is 6.07 Å². The molecule has 1 rings (SSSR count). The zero-order chi connectivity index (χ0) is 8.10. The van der Waals surface area contributed by atoms with Crippen molar-refractivity contribution in [2.24, 2.45) is 5.92 Å². The minimum absolute atomic E-state index is 0.310. The van der Waals surface area contributed by atoms with Gasteiger partial charge in [0.25, 0.3) is 0 Å². The molecule has 0 spiro atoms. The number of rotatable bonds is 2. The lowest BCUT2D eigenvalue weighted by Gasteiger charge is -2.24. The summed E-state index contributed by atoms with van der Waals surface area (Å²) in [6.07, 6.45) is 5.94. The molecule has 1 N–H and O–H groups in total. The fourth-order valence-electron chi connectivity index (χ4n) is 1.78. The molecule has 2 heteroatoms. The van der Waals surface area contributed by atoms with Crippen molar-refractivity contribution in [3.63, 3.8) is 0 Å². The molecule has 0 bridgehead atoms. The molecule has 0 aliphatic heterocycles. The fraction of sp³-hybridized carbons (Fsp3) is 0.889. The second-order valence-corrected chi connectivity index (χ2v) is 3.33. The normalized spacial score (nSPS) is 22.5. The van der Waals surface area contributed by atoms with Gasteiger partial charge < -0.3 is 5.11 Å². The second-order valence-electron chi connectivity index (χ2n) is 3.33. The van der Waals surface area contributed by atoms with Crippen LogP contribution in [-0.2, 0) is 0 Å². The summed E-state index contributed by atoms with van der Waals surface area (Å²) in [5.41, 5.74) is 0. The van der Waals surface area contributed by atoms with Gasteiger partial charge in [-0.3, -0.25) is 0 Å². The first-order valence-corrected chi connectivity index (χ1v) is 4.39. The summed E-state index contributed by atoms with van der Waals surface area (Å²) in [5.74, 6) is 0.406. The van der Waals surface area contributed by atoms with Gasteiger partial charge in [0, 0.05) is 0 Å². The van der Waals surface area contributed by atoms with Crippen molar-refractivity contribution < 1.29 is 5.11 Å². The molecule has 1 aliphatic carbocycles. The Hall–Kier alpha value is -0.550. The van der Waals surface area contributed by atoms with Crippen molar-refractivity contribution in [1.29, 1.82) is 5.26 Å². The zero-order valence-electron chi connectivity index (χ0n) is 6.79. The van der Waals surface area contributed by atoms with E-state index in [0.717, 1.165) is 12.8 Å². The van der Waals surface area contributed by atoms with Crippen molar-refractivity contribution in [2.75, 3.05) is 0 Å². The Labute approximate surface area is 67.8 Å². The SMILES string of the molecule is N#CC[C@@H](O)C1CCCCC1. The lowest BCUT2D eigenvalue weighted by Crippen LogP contribution is -2.22. The highest BCUT2D eigenvalue weighted by atomic mass is 16.3. The van der Waals surface area contributed by atoms with Crippen LogP contribution < -0.4 is 0 Å². The Morgan fingerprint density at radius 3 is 2.55 bits per heavy atom. The minimum atomic E-state index is -0.361. The van der Waals surface area contributed by atoms with E-state index in [1.807, 2.05) is 6.07 Å². The van der Waals surface area contributed by atoms with Gasteiger partial charge in [-0.05, 0) is 18.8 Å². The maximum Gasteiger partial charge on any atom is 0.0698 e. The molecule has 1 fully saturated rings. The van der Waals surface area contributed by atoms with Crippen LogP contribution >= 0.6 is 0 Å². The Balaban J connectivity index is 2.27. The highest BCUT2D eigenvalue weighted by Crippen LogP contribution is 2.27. The Morgan fingerprint density at radius 1 is 1.36 bits per heavy atom. The van der Waals surface area contributed by atoms with Crippen LogP contribution in [0.4, 0.5) is 0 Å². The van der Waals surface area contributed by atoms with E-state index in [2.05, 4.69) is 0 Å². The summed E-state index contributed by atoms with van der Waals surface area (Å²) in [5, 5.41) is 17.8. The summed E-state index contributed by atoms with van der Waals surface area (Å²) in [6.45, 7) is 0. The van der Waals surface area contributed by atoms with E-state index in [1.54, 1.807) is 0 Å². The molecule has 1 aliphatic rings. The topological polar surface area (TPSA) is 44.0 Å². The van der Waals surface area contributed by atoms with Crippen LogP contribution in [0.15, 0.2) is 0 Å². The van der Waals surface area contributed by atoms with E-state index in [-0.39, 0.29) is 6.10 Å². The first-order chi connectivity index (χ1) is 5.34.